The summed E-state index contributed by atoms with van der Waals surface area (Å²) in [7, 11) is 0. The molecule has 0 atom stereocenters. The van der Waals surface area contributed by atoms with Crippen LogP contribution in [0, 0.1) is 5.41 Å². The van der Waals surface area contributed by atoms with Crippen LogP contribution in [-0.4, -0.2) is 11.5 Å². The minimum atomic E-state index is 0.151. The zero-order valence-corrected chi connectivity index (χ0v) is 24.0. The van der Waals surface area contributed by atoms with E-state index in [0.29, 0.717) is 5.92 Å². The molecule has 2 heteroatoms. The van der Waals surface area contributed by atoms with Crippen LogP contribution in [0.15, 0.2) is 70.8 Å². The van der Waals surface area contributed by atoms with Gasteiger partial charge >= 0.3 is 0 Å². The van der Waals surface area contributed by atoms with Gasteiger partial charge in [-0.05, 0) is 154 Å². The van der Waals surface area contributed by atoms with Gasteiger partial charge in [0.1, 0.15) is 0 Å². The number of rotatable bonds is 5. The Kier molecular flexibility index (Phi) is 8.60. The highest BCUT2D eigenvalue weighted by Crippen LogP contribution is 2.35. The van der Waals surface area contributed by atoms with Crippen LogP contribution in [0.4, 0.5) is 0 Å². The molecule has 3 aliphatic rings. The molecule has 1 saturated carbocycles. The van der Waals surface area contributed by atoms with E-state index in [-0.39, 0.29) is 5.78 Å². The first-order valence-corrected chi connectivity index (χ1v) is 15.0. The van der Waals surface area contributed by atoms with E-state index < -0.39 is 0 Å². The first-order valence-electron chi connectivity index (χ1n) is 15.0. The van der Waals surface area contributed by atoms with Gasteiger partial charge in [0.05, 0.1) is 0 Å². The molecule has 2 aromatic carbocycles. The molecule has 0 bridgehead atoms. The molecule has 3 aliphatic carbocycles. The van der Waals surface area contributed by atoms with Crippen molar-refractivity contribution in [2.45, 2.75) is 97.3 Å². The summed E-state index contributed by atoms with van der Waals surface area (Å²) < 4.78 is 0. The van der Waals surface area contributed by atoms with Gasteiger partial charge in [-0.2, -0.15) is 0 Å². The molecule has 1 fully saturated rings. The SMILES string of the molecule is CC1=C(C)C(C)=C(C(=O)C=Cc2ccc3c(c2)C=C(c2cccc(C4CCCC(=N)CCC4)c2)CC3)CCC1. The molecule has 202 valence electrons. The number of nitrogens with one attached hydrogen (secondary N) is 1. The highest BCUT2D eigenvalue weighted by molar-refractivity contribution is 6.07. The molecule has 0 aromatic heterocycles. The molecule has 0 aliphatic heterocycles. The molecule has 0 saturated heterocycles. The number of aryl methyl sites for hydroxylation is 1. The van der Waals surface area contributed by atoms with E-state index in [1.54, 1.807) is 6.08 Å². The highest BCUT2D eigenvalue weighted by atomic mass is 16.1. The second-order valence-electron chi connectivity index (χ2n) is 11.9. The molecular weight excluding hydrogens is 474 g/mol. The normalized spacial score (nSPS) is 20.8. The molecule has 0 spiro atoms. The lowest BCUT2D eigenvalue weighted by Crippen LogP contribution is -2.07. The molecule has 5 rings (SSSR count). The van der Waals surface area contributed by atoms with Crippen molar-refractivity contribution in [3.63, 3.8) is 0 Å². The number of hydrogen-bond donors (Lipinski definition) is 1. The van der Waals surface area contributed by atoms with Crippen molar-refractivity contribution >= 4 is 29.2 Å². The lowest BCUT2D eigenvalue weighted by Gasteiger charge is -2.22. The van der Waals surface area contributed by atoms with Gasteiger partial charge in [0.15, 0.2) is 5.78 Å². The van der Waals surface area contributed by atoms with Gasteiger partial charge in [-0.15, -0.1) is 0 Å². The highest BCUT2D eigenvalue weighted by Gasteiger charge is 2.18. The molecule has 2 nitrogen and oxygen atoms in total. The summed E-state index contributed by atoms with van der Waals surface area (Å²) in [6.45, 7) is 6.45. The van der Waals surface area contributed by atoms with Crippen LogP contribution in [0.25, 0.3) is 17.7 Å². The summed E-state index contributed by atoms with van der Waals surface area (Å²) in [5.74, 6) is 0.762. The minimum Gasteiger partial charge on any atom is -0.310 e. The predicted octanol–water partition coefficient (Wildman–Crippen LogP) is 10.1. The second kappa shape index (κ2) is 12.3. The van der Waals surface area contributed by atoms with E-state index in [1.807, 2.05) is 6.08 Å². The van der Waals surface area contributed by atoms with E-state index in [2.05, 4.69) is 69.3 Å². The smallest absolute Gasteiger partial charge is 0.182 e. The summed E-state index contributed by atoms with van der Waals surface area (Å²) in [5.41, 5.74) is 13.7. The van der Waals surface area contributed by atoms with Gasteiger partial charge in [0.25, 0.3) is 0 Å². The zero-order valence-electron chi connectivity index (χ0n) is 24.0. The number of ketones is 1. The number of benzene rings is 2. The third-order valence-electron chi connectivity index (χ3n) is 9.31. The molecule has 0 amide bonds. The number of hydrogen-bond acceptors (Lipinski definition) is 2. The van der Waals surface area contributed by atoms with E-state index in [9.17, 15) is 4.79 Å². The van der Waals surface area contributed by atoms with Crippen LogP contribution in [0.2, 0.25) is 0 Å². The Hall–Kier alpha value is -3.26. The van der Waals surface area contributed by atoms with Gasteiger partial charge in [-0.25, -0.2) is 0 Å². The fraction of sp³-hybridized carbons (Fsp3) is 0.405. The number of fused-ring (bicyclic) bond motifs is 1. The number of carbonyl (C=O) groups excluding carboxylic acids is 1. The van der Waals surface area contributed by atoms with Crippen molar-refractivity contribution in [3.05, 3.63) is 98.7 Å². The molecule has 0 unspecified atom stereocenters. The van der Waals surface area contributed by atoms with E-state index in [4.69, 9.17) is 5.41 Å². The quantitative estimate of drug-likeness (QED) is 0.394. The van der Waals surface area contributed by atoms with Gasteiger partial charge in [0, 0.05) is 11.3 Å². The molecule has 0 radical (unpaired) electrons. The van der Waals surface area contributed by atoms with Gasteiger partial charge in [-0.3, -0.25) is 4.79 Å². The Bertz CT molecular complexity index is 1380. The van der Waals surface area contributed by atoms with Crippen molar-refractivity contribution in [2.24, 2.45) is 0 Å². The standard InChI is InChI=1S/C37H43NO/c1-25-8-4-15-36(27(3)26(25)2)37(39)21-17-28-16-18-30-19-20-33(24-34(30)22-28)32-12-5-11-31(23-32)29-9-6-13-35(38)14-7-10-29/h5,11-12,16-18,21-24,29,38H,4,6-10,13-15,19-20H2,1-3H3. The van der Waals surface area contributed by atoms with Crippen molar-refractivity contribution in [1.82, 2.24) is 0 Å². The van der Waals surface area contributed by atoms with Crippen LogP contribution in [-0.2, 0) is 11.2 Å². The molecule has 39 heavy (non-hydrogen) atoms. The maximum atomic E-state index is 13.1. The minimum absolute atomic E-state index is 0.151. The maximum Gasteiger partial charge on any atom is 0.182 e. The van der Waals surface area contributed by atoms with E-state index in [1.165, 1.54) is 57.4 Å². The Morgan fingerprint density at radius 1 is 0.846 bits per heavy atom. The third kappa shape index (κ3) is 6.49. The number of carbonyl (C=O) groups is 1. The monoisotopic (exact) mass is 517 g/mol. The first kappa shape index (κ1) is 27.3. The Balaban J connectivity index is 1.34. The average molecular weight is 518 g/mol. The van der Waals surface area contributed by atoms with Crippen molar-refractivity contribution in [1.29, 1.82) is 5.41 Å². The largest absolute Gasteiger partial charge is 0.310 e. The summed E-state index contributed by atoms with van der Waals surface area (Å²) in [6, 6.07) is 15.9. The summed E-state index contributed by atoms with van der Waals surface area (Å²) in [5, 5.41) is 8.03. The van der Waals surface area contributed by atoms with Crippen LogP contribution in [0.5, 0.6) is 0 Å². The fourth-order valence-electron chi connectivity index (χ4n) is 6.59. The third-order valence-corrected chi connectivity index (χ3v) is 9.31. The molecule has 0 heterocycles. The maximum absolute atomic E-state index is 13.1. The Morgan fingerprint density at radius 2 is 1.64 bits per heavy atom. The summed E-state index contributed by atoms with van der Waals surface area (Å²) in [6.07, 6.45) is 17.8. The molecular formula is C37H43NO. The fourth-order valence-corrected chi connectivity index (χ4v) is 6.59. The lowest BCUT2D eigenvalue weighted by atomic mass is 9.83. The van der Waals surface area contributed by atoms with Gasteiger partial charge < -0.3 is 5.41 Å². The Morgan fingerprint density at radius 3 is 2.44 bits per heavy atom. The topological polar surface area (TPSA) is 40.9 Å². The van der Waals surface area contributed by atoms with Crippen LogP contribution in [0.3, 0.4) is 0 Å². The first-order chi connectivity index (χ1) is 18.9. The van der Waals surface area contributed by atoms with Gasteiger partial charge in [0.2, 0.25) is 0 Å². The zero-order chi connectivity index (χ0) is 27.4. The van der Waals surface area contributed by atoms with Crippen molar-refractivity contribution in [2.75, 3.05) is 0 Å². The van der Waals surface area contributed by atoms with Crippen LogP contribution in [0.1, 0.15) is 119 Å². The predicted molar refractivity (Wildman–Crippen MR) is 166 cm³/mol. The van der Waals surface area contributed by atoms with Crippen LogP contribution < -0.4 is 0 Å². The van der Waals surface area contributed by atoms with Crippen LogP contribution >= 0.6 is 0 Å². The number of allylic oxidation sites excluding steroid dienone is 6. The second-order valence-corrected chi connectivity index (χ2v) is 11.9. The van der Waals surface area contributed by atoms with Crippen molar-refractivity contribution in [3.8, 4) is 0 Å². The Labute approximate surface area is 235 Å². The van der Waals surface area contributed by atoms with E-state index in [0.717, 1.165) is 74.6 Å². The van der Waals surface area contributed by atoms with Crippen molar-refractivity contribution < 1.29 is 4.79 Å². The molecule has 2 aromatic rings. The summed E-state index contributed by atoms with van der Waals surface area (Å²) >= 11 is 0. The molecule has 1 N–H and O–H groups in total. The van der Waals surface area contributed by atoms with E-state index >= 15 is 0 Å². The summed E-state index contributed by atoms with van der Waals surface area (Å²) in [4.78, 5) is 13.1. The van der Waals surface area contributed by atoms with Gasteiger partial charge in [-0.1, -0.05) is 54.1 Å². The lowest BCUT2D eigenvalue weighted by molar-refractivity contribution is -0.111. The average Bonchev–Trinajstić information content (AvgIpc) is 3.06.